The lowest BCUT2D eigenvalue weighted by Gasteiger charge is -1.86. The van der Waals surface area contributed by atoms with Crippen molar-refractivity contribution in [2.24, 2.45) is 0 Å². The Morgan fingerprint density at radius 1 is 1.50 bits per heavy atom. The van der Waals surface area contributed by atoms with Gasteiger partial charge in [0.25, 0.3) is 0 Å². The number of thiazole rings is 1. The van der Waals surface area contributed by atoms with Gasteiger partial charge in [-0.25, -0.2) is 4.98 Å². The zero-order chi connectivity index (χ0) is 8.55. The fourth-order valence-electron chi connectivity index (χ4n) is 1.05. The van der Waals surface area contributed by atoms with E-state index >= 15 is 0 Å². The topological polar surface area (TPSA) is 12.9 Å². The summed E-state index contributed by atoms with van der Waals surface area (Å²) < 4.78 is 1.14. The maximum absolute atomic E-state index is 5.83. The molecule has 0 saturated heterocycles. The first-order chi connectivity index (χ1) is 5.79. The highest BCUT2D eigenvalue weighted by molar-refractivity contribution is 7.18. The second-order valence-electron chi connectivity index (χ2n) is 2.47. The van der Waals surface area contributed by atoms with Gasteiger partial charge < -0.3 is 0 Å². The van der Waals surface area contributed by atoms with Crippen LogP contribution in [-0.4, -0.2) is 4.98 Å². The van der Waals surface area contributed by atoms with Crippen LogP contribution in [0.15, 0.2) is 18.2 Å². The molecule has 0 amide bonds. The van der Waals surface area contributed by atoms with E-state index in [1.54, 1.807) is 11.3 Å². The Kier molecular flexibility index (Phi) is 2.03. The van der Waals surface area contributed by atoms with Crippen molar-refractivity contribution in [2.45, 2.75) is 6.42 Å². The van der Waals surface area contributed by atoms with Crippen molar-refractivity contribution in [1.82, 2.24) is 4.98 Å². The fourth-order valence-corrected chi connectivity index (χ4v) is 2.19. The average Bonchev–Trinajstić information content (AvgIpc) is 2.46. The van der Waals surface area contributed by atoms with Crippen LogP contribution in [0.2, 0.25) is 5.02 Å². The molecule has 0 N–H and O–H groups in total. The van der Waals surface area contributed by atoms with Crippen LogP contribution < -0.4 is 0 Å². The molecule has 0 saturated carbocycles. The van der Waals surface area contributed by atoms with Gasteiger partial charge in [0.15, 0.2) is 0 Å². The SMILES string of the molecule is [CH2]Cc1nc2ccc(Cl)cc2s1. The number of hydrogen-bond donors (Lipinski definition) is 0. The third kappa shape index (κ3) is 1.32. The summed E-state index contributed by atoms with van der Waals surface area (Å²) in [6.07, 6.45) is 0.747. The summed E-state index contributed by atoms with van der Waals surface area (Å²) in [5.41, 5.74) is 1.02. The Labute approximate surface area is 80.0 Å². The van der Waals surface area contributed by atoms with Crippen molar-refractivity contribution in [3.05, 3.63) is 35.2 Å². The first kappa shape index (κ1) is 8.02. The average molecular weight is 197 g/mol. The van der Waals surface area contributed by atoms with Gasteiger partial charge in [-0.1, -0.05) is 11.6 Å². The molecule has 3 heteroatoms. The molecular weight excluding hydrogens is 190 g/mol. The van der Waals surface area contributed by atoms with E-state index in [1.807, 2.05) is 18.2 Å². The summed E-state index contributed by atoms with van der Waals surface area (Å²) in [5.74, 6) is 0. The van der Waals surface area contributed by atoms with Crippen LogP contribution in [0.5, 0.6) is 0 Å². The van der Waals surface area contributed by atoms with Crippen molar-refractivity contribution >= 4 is 33.2 Å². The molecule has 0 fully saturated rings. The first-order valence-electron chi connectivity index (χ1n) is 3.64. The molecule has 2 aromatic rings. The molecule has 0 aliphatic carbocycles. The Balaban J connectivity index is 2.67. The normalized spacial score (nSPS) is 10.8. The summed E-state index contributed by atoms with van der Waals surface area (Å²) in [7, 11) is 0. The maximum atomic E-state index is 5.83. The van der Waals surface area contributed by atoms with Gasteiger partial charge in [0.1, 0.15) is 0 Å². The van der Waals surface area contributed by atoms with E-state index in [0.29, 0.717) is 0 Å². The van der Waals surface area contributed by atoms with Crippen molar-refractivity contribution in [3.8, 4) is 0 Å². The van der Waals surface area contributed by atoms with E-state index in [2.05, 4.69) is 11.9 Å². The lowest BCUT2D eigenvalue weighted by Crippen LogP contribution is -1.73. The number of nitrogens with zero attached hydrogens (tertiary/aromatic N) is 1. The Hall–Kier alpha value is -0.600. The molecule has 1 radical (unpaired) electrons. The Morgan fingerprint density at radius 2 is 2.33 bits per heavy atom. The van der Waals surface area contributed by atoms with Gasteiger partial charge in [-0.15, -0.1) is 11.3 Å². The third-order valence-corrected chi connectivity index (χ3v) is 2.92. The Bertz CT molecular complexity index is 408. The zero-order valence-electron chi connectivity index (χ0n) is 6.38. The van der Waals surface area contributed by atoms with E-state index in [0.717, 1.165) is 26.7 Å². The van der Waals surface area contributed by atoms with E-state index < -0.39 is 0 Å². The smallest absolute Gasteiger partial charge is 0.0938 e. The molecule has 0 aliphatic rings. The van der Waals surface area contributed by atoms with Gasteiger partial charge in [-0.2, -0.15) is 0 Å². The van der Waals surface area contributed by atoms with Crippen molar-refractivity contribution in [3.63, 3.8) is 0 Å². The number of fused-ring (bicyclic) bond motifs is 1. The third-order valence-electron chi connectivity index (χ3n) is 1.61. The fraction of sp³-hybridized carbons (Fsp3) is 0.111. The van der Waals surface area contributed by atoms with E-state index in [1.165, 1.54) is 0 Å². The van der Waals surface area contributed by atoms with Gasteiger partial charge in [0.2, 0.25) is 0 Å². The monoisotopic (exact) mass is 196 g/mol. The molecule has 0 aliphatic heterocycles. The molecular formula is C9H7ClNS. The van der Waals surface area contributed by atoms with E-state index in [-0.39, 0.29) is 0 Å². The summed E-state index contributed by atoms with van der Waals surface area (Å²) in [5, 5.41) is 1.83. The van der Waals surface area contributed by atoms with Crippen LogP contribution in [0.1, 0.15) is 5.01 Å². The summed E-state index contributed by atoms with van der Waals surface area (Å²) in [6, 6.07) is 5.73. The van der Waals surface area contributed by atoms with E-state index in [9.17, 15) is 0 Å². The number of rotatable bonds is 1. The van der Waals surface area contributed by atoms with Crippen molar-refractivity contribution < 1.29 is 0 Å². The highest BCUT2D eigenvalue weighted by atomic mass is 35.5. The largest absolute Gasteiger partial charge is 0.241 e. The van der Waals surface area contributed by atoms with Crippen LogP contribution >= 0.6 is 22.9 Å². The van der Waals surface area contributed by atoms with Crippen LogP contribution in [0, 0.1) is 6.92 Å². The molecule has 61 valence electrons. The molecule has 1 aromatic heterocycles. The summed E-state index contributed by atoms with van der Waals surface area (Å²) in [6.45, 7) is 3.79. The molecule has 0 bridgehead atoms. The standard InChI is InChI=1S/C9H7ClNS/c1-2-9-11-7-4-3-6(10)5-8(7)12-9/h3-5H,1-2H2. The quantitative estimate of drug-likeness (QED) is 0.682. The number of benzene rings is 1. The number of hydrogen-bond acceptors (Lipinski definition) is 2. The summed E-state index contributed by atoms with van der Waals surface area (Å²) in [4.78, 5) is 4.37. The predicted octanol–water partition coefficient (Wildman–Crippen LogP) is 3.33. The minimum Gasteiger partial charge on any atom is -0.241 e. The number of aromatic nitrogens is 1. The van der Waals surface area contributed by atoms with Gasteiger partial charge >= 0.3 is 0 Å². The lowest BCUT2D eigenvalue weighted by molar-refractivity contribution is 1.21. The molecule has 1 nitrogen and oxygen atoms in total. The van der Waals surface area contributed by atoms with E-state index in [4.69, 9.17) is 11.6 Å². The second kappa shape index (κ2) is 3.04. The van der Waals surface area contributed by atoms with Gasteiger partial charge in [0, 0.05) is 5.02 Å². The van der Waals surface area contributed by atoms with Gasteiger partial charge in [-0.05, 0) is 31.5 Å². The van der Waals surface area contributed by atoms with Gasteiger partial charge in [-0.3, -0.25) is 0 Å². The van der Waals surface area contributed by atoms with Crippen molar-refractivity contribution in [1.29, 1.82) is 0 Å². The van der Waals surface area contributed by atoms with Crippen molar-refractivity contribution in [2.75, 3.05) is 0 Å². The molecule has 12 heavy (non-hydrogen) atoms. The minimum atomic E-state index is 0.747. The molecule has 1 heterocycles. The molecule has 0 atom stereocenters. The first-order valence-corrected chi connectivity index (χ1v) is 4.83. The lowest BCUT2D eigenvalue weighted by atomic mass is 10.3. The molecule has 0 unspecified atom stereocenters. The van der Waals surface area contributed by atoms with Crippen LogP contribution in [0.3, 0.4) is 0 Å². The zero-order valence-corrected chi connectivity index (χ0v) is 7.95. The van der Waals surface area contributed by atoms with Crippen LogP contribution in [0.4, 0.5) is 0 Å². The maximum Gasteiger partial charge on any atom is 0.0938 e. The van der Waals surface area contributed by atoms with Gasteiger partial charge in [0.05, 0.1) is 15.2 Å². The number of halogens is 1. The highest BCUT2D eigenvalue weighted by Gasteiger charge is 2.01. The predicted molar refractivity (Wildman–Crippen MR) is 53.7 cm³/mol. The molecule has 0 spiro atoms. The molecule has 2 rings (SSSR count). The Morgan fingerprint density at radius 3 is 3.08 bits per heavy atom. The molecule has 1 aromatic carbocycles. The van der Waals surface area contributed by atoms with Crippen LogP contribution in [-0.2, 0) is 6.42 Å². The highest BCUT2D eigenvalue weighted by Crippen LogP contribution is 2.25. The van der Waals surface area contributed by atoms with Crippen LogP contribution in [0.25, 0.3) is 10.2 Å². The summed E-state index contributed by atoms with van der Waals surface area (Å²) >= 11 is 7.49. The second-order valence-corrected chi connectivity index (χ2v) is 4.02. The minimum absolute atomic E-state index is 0.747.